The minimum atomic E-state index is -0.779. The van der Waals surface area contributed by atoms with Gasteiger partial charge in [-0.2, -0.15) is 14.0 Å². The molecule has 1 aromatic carbocycles. The van der Waals surface area contributed by atoms with Crippen molar-refractivity contribution in [3.63, 3.8) is 0 Å². The summed E-state index contributed by atoms with van der Waals surface area (Å²) in [6, 6.07) is 10.3. The van der Waals surface area contributed by atoms with Gasteiger partial charge in [0.25, 0.3) is 5.91 Å². The quantitative estimate of drug-likeness (QED) is 0.648. The highest BCUT2D eigenvalue weighted by Gasteiger charge is 2.58. The van der Waals surface area contributed by atoms with Crippen LogP contribution in [0.25, 0.3) is 5.65 Å². The van der Waals surface area contributed by atoms with Gasteiger partial charge in [-0.15, -0.1) is 0 Å². The molecular weight excluding hydrogens is 387 g/mol. The van der Waals surface area contributed by atoms with E-state index in [0.717, 1.165) is 29.1 Å². The van der Waals surface area contributed by atoms with Crippen LogP contribution < -0.4 is 4.90 Å². The number of hydrogen-bond acceptors (Lipinski definition) is 6. The first kappa shape index (κ1) is 17.8. The highest BCUT2D eigenvalue weighted by molar-refractivity contribution is 5.88. The number of rotatable bonds is 2. The van der Waals surface area contributed by atoms with E-state index < -0.39 is 11.5 Å². The van der Waals surface area contributed by atoms with Crippen LogP contribution in [0.15, 0.2) is 42.9 Å². The number of fused-ring (bicyclic) bond motifs is 2. The minimum Gasteiger partial charge on any atom is -0.353 e. The molecule has 8 nitrogen and oxygen atoms in total. The summed E-state index contributed by atoms with van der Waals surface area (Å²) in [5.74, 6) is 0.152. The Bertz CT molecular complexity index is 1110. The molecule has 6 rings (SSSR count). The number of piperidine rings is 1. The maximum Gasteiger partial charge on any atom is 0.257 e. The lowest BCUT2D eigenvalue weighted by molar-refractivity contribution is -0.140. The zero-order chi connectivity index (χ0) is 20.3. The van der Waals surface area contributed by atoms with Gasteiger partial charge in [0.15, 0.2) is 17.1 Å². The molecule has 30 heavy (non-hydrogen) atoms. The standard InChI is InChI=1S/C21H21FN6O2/c22-16-12-23-19-18(24-13-25-28(16)19)26-10-8-21(9-11-26)20(29)27-15(6-7-17(27)30-21)14-4-2-1-3-5-14/h1-5,12-13,15,17H,6-11H2/t15-,17+/m0/s1. The van der Waals surface area contributed by atoms with Crippen LogP contribution >= 0.6 is 0 Å². The summed E-state index contributed by atoms with van der Waals surface area (Å²) in [7, 11) is 0. The monoisotopic (exact) mass is 408 g/mol. The lowest BCUT2D eigenvalue weighted by Gasteiger charge is -2.38. The van der Waals surface area contributed by atoms with Crippen LogP contribution in [0.4, 0.5) is 10.2 Å². The molecule has 3 aliphatic heterocycles. The number of halogens is 1. The molecule has 3 saturated heterocycles. The molecule has 3 fully saturated rings. The fourth-order valence-corrected chi connectivity index (χ4v) is 5.13. The highest BCUT2D eigenvalue weighted by atomic mass is 19.1. The fourth-order valence-electron chi connectivity index (χ4n) is 5.13. The first-order chi connectivity index (χ1) is 14.7. The van der Waals surface area contributed by atoms with Crippen molar-refractivity contribution in [2.75, 3.05) is 18.0 Å². The lowest BCUT2D eigenvalue weighted by Crippen LogP contribution is -2.50. The first-order valence-corrected chi connectivity index (χ1v) is 10.3. The third-order valence-electron chi connectivity index (χ3n) is 6.62. The maximum atomic E-state index is 13.8. The van der Waals surface area contributed by atoms with Crippen molar-refractivity contribution in [2.24, 2.45) is 0 Å². The summed E-state index contributed by atoms with van der Waals surface area (Å²) >= 11 is 0. The number of aromatic nitrogens is 4. The van der Waals surface area contributed by atoms with E-state index >= 15 is 0 Å². The summed E-state index contributed by atoms with van der Waals surface area (Å²) in [6.45, 7) is 1.17. The highest BCUT2D eigenvalue weighted by Crippen LogP contribution is 2.47. The number of amides is 1. The lowest BCUT2D eigenvalue weighted by atomic mass is 9.89. The first-order valence-electron chi connectivity index (χ1n) is 10.3. The molecule has 0 aliphatic carbocycles. The molecule has 0 bridgehead atoms. The van der Waals surface area contributed by atoms with E-state index in [0.29, 0.717) is 37.4 Å². The van der Waals surface area contributed by atoms with Gasteiger partial charge in [0.1, 0.15) is 12.6 Å². The van der Waals surface area contributed by atoms with Gasteiger partial charge in [0.2, 0.25) is 5.95 Å². The van der Waals surface area contributed by atoms with Crippen LogP contribution in [0.2, 0.25) is 0 Å². The summed E-state index contributed by atoms with van der Waals surface area (Å²) in [6.07, 6.45) is 5.24. The van der Waals surface area contributed by atoms with Gasteiger partial charge in [-0.25, -0.2) is 9.97 Å². The number of hydrogen-bond donors (Lipinski definition) is 0. The van der Waals surface area contributed by atoms with Crippen LogP contribution in [0.5, 0.6) is 0 Å². The summed E-state index contributed by atoms with van der Waals surface area (Å²) in [4.78, 5) is 25.9. The van der Waals surface area contributed by atoms with Crippen molar-refractivity contribution in [3.05, 3.63) is 54.4 Å². The van der Waals surface area contributed by atoms with Gasteiger partial charge < -0.3 is 14.5 Å². The molecule has 0 N–H and O–H groups in total. The predicted octanol–water partition coefficient (Wildman–Crippen LogP) is 2.32. The van der Waals surface area contributed by atoms with Crippen LogP contribution in [0.3, 0.4) is 0 Å². The Morgan fingerprint density at radius 2 is 1.90 bits per heavy atom. The SMILES string of the molecule is O=C1N2[C@@H](CC[C@H]2c2ccccc2)OC12CCN(c1ncnn3c(F)cnc13)CC2. The van der Waals surface area contributed by atoms with Gasteiger partial charge in [-0.05, 0) is 18.4 Å². The Morgan fingerprint density at radius 1 is 1.10 bits per heavy atom. The number of carbonyl (C=O) groups is 1. The Balaban J connectivity index is 1.23. The van der Waals surface area contributed by atoms with E-state index in [4.69, 9.17) is 4.74 Å². The predicted molar refractivity (Wildman–Crippen MR) is 105 cm³/mol. The minimum absolute atomic E-state index is 0.0792. The molecule has 0 saturated carbocycles. The summed E-state index contributed by atoms with van der Waals surface area (Å²) < 4.78 is 21.3. The summed E-state index contributed by atoms with van der Waals surface area (Å²) in [5.41, 5.74) is 0.768. The van der Waals surface area contributed by atoms with Crippen LogP contribution in [0, 0.1) is 5.95 Å². The molecule has 9 heteroatoms. The third kappa shape index (κ3) is 2.48. The topological polar surface area (TPSA) is 75.9 Å². The van der Waals surface area contributed by atoms with E-state index in [1.807, 2.05) is 28.0 Å². The average molecular weight is 408 g/mol. The number of imidazole rings is 1. The van der Waals surface area contributed by atoms with Crippen LogP contribution in [-0.2, 0) is 9.53 Å². The van der Waals surface area contributed by atoms with E-state index in [9.17, 15) is 9.18 Å². The van der Waals surface area contributed by atoms with Gasteiger partial charge in [0.05, 0.1) is 12.2 Å². The number of carbonyl (C=O) groups excluding carboxylic acids is 1. The smallest absolute Gasteiger partial charge is 0.257 e. The number of nitrogens with zero attached hydrogens (tertiary/aromatic N) is 6. The summed E-state index contributed by atoms with van der Waals surface area (Å²) in [5, 5.41) is 3.91. The van der Waals surface area contributed by atoms with Crippen molar-refractivity contribution in [1.29, 1.82) is 0 Å². The van der Waals surface area contributed by atoms with Crippen molar-refractivity contribution >= 4 is 17.4 Å². The van der Waals surface area contributed by atoms with E-state index in [1.54, 1.807) is 0 Å². The number of benzene rings is 1. The van der Waals surface area contributed by atoms with Crippen molar-refractivity contribution in [1.82, 2.24) is 24.5 Å². The zero-order valence-electron chi connectivity index (χ0n) is 16.3. The molecule has 0 unspecified atom stereocenters. The van der Waals surface area contributed by atoms with Gasteiger partial charge in [0, 0.05) is 25.9 Å². The Hall–Kier alpha value is -3.07. The molecule has 5 heterocycles. The Labute approximate surface area is 172 Å². The largest absolute Gasteiger partial charge is 0.353 e. The van der Waals surface area contributed by atoms with E-state index in [-0.39, 0.29) is 18.2 Å². The molecule has 1 spiro atoms. The second-order valence-corrected chi connectivity index (χ2v) is 8.17. The second-order valence-electron chi connectivity index (χ2n) is 8.17. The second kappa shape index (κ2) is 6.46. The molecule has 3 aliphatic rings. The molecule has 0 radical (unpaired) electrons. The molecule has 2 aromatic heterocycles. The number of anilines is 1. The fraction of sp³-hybridized carbons (Fsp3) is 0.429. The van der Waals surface area contributed by atoms with Crippen LogP contribution in [0.1, 0.15) is 37.3 Å². The van der Waals surface area contributed by atoms with Crippen LogP contribution in [-0.4, -0.2) is 55.3 Å². The van der Waals surface area contributed by atoms with Gasteiger partial charge in [-0.3, -0.25) is 4.79 Å². The van der Waals surface area contributed by atoms with Crippen molar-refractivity contribution in [2.45, 2.75) is 43.6 Å². The molecular formula is C21H21FN6O2. The van der Waals surface area contributed by atoms with E-state index in [2.05, 4.69) is 27.2 Å². The maximum absolute atomic E-state index is 13.8. The third-order valence-corrected chi connectivity index (χ3v) is 6.62. The molecule has 3 aromatic rings. The molecule has 154 valence electrons. The Morgan fingerprint density at radius 3 is 2.70 bits per heavy atom. The number of ether oxygens (including phenoxy) is 1. The molecule has 1 amide bonds. The van der Waals surface area contributed by atoms with Crippen molar-refractivity contribution < 1.29 is 13.9 Å². The van der Waals surface area contributed by atoms with E-state index in [1.165, 1.54) is 6.33 Å². The van der Waals surface area contributed by atoms with Crippen molar-refractivity contribution in [3.8, 4) is 0 Å². The average Bonchev–Trinajstić information content (AvgIpc) is 3.44. The van der Waals surface area contributed by atoms with Gasteiger partial charge in [-0.1, -0.05) is 30.3 Å². The molecule has 2 atom stereocenters. The zero-order valence-corrected chi connectivity index (χ0v) is 16.3. The normalized spacial score (nSPS) is 25.4. The Kier molecular flexibility index (Phi) is 3.83. The van der Waals surface area contributed by atoms with Gasteiger partial charge >= 0.3 is 0 Å².